The quantitative estimate of drug-likeness (QED) is 0.469. The predicted molar refractivity (Wildman–Crippen MR) is 81.5 cm³/mol. The van der Waals surface area contributed by atoms with Crippen molar-refractivity contribution in [3.05, 3.63) is 24.6 Å². The van der Waals surface area contributed by atoms with Crippen LogP contribution < -0.4 is 0 Å². The van der Waals surface area contributed by atoms with E-state index in [4.69, 9.17) is 6.42 Å². The lowest BCUT2D eigenvalue weighted by Crippen LogP contribution is -2.17. The molecule has 2 nitrogen and oxygen atoms in total. The van der Waals surface area contributed by atoms with Crippen molar-refractivity contribution in [3.63, 3.8) is 0 Å². The molecule has 0 heterocycles. The Labute approximate surface area is 112 Å². The average molecular weight is 246 g/mol. The van der Waals surface area contributed by atoms with Gasteiger partial charge in [0.2, 0.25) is 0 Å². The van der Waals surface area contributed by atoms with Crippen molar-refractivity contribution in [1.82, 2.24) is 4.90 Å². The number of aliphatic imine (C=N–C) groups is 1. The van der Waals surface area contributed by atoms with Gasteiger partial charge in [0, 0.05) is 13.6 Å². The van der Waals surface area contributed by atoms with Crippen LogP contribution in [0.5, 0.6) is 0 Å². The normalized spacial score (nSPS) is 13.4. The monoisotopic (exact) mass is 246 g/mol. The Balaban J connectivity index is 4.49. The zero-order valence-corrected chi connectivity index (χ0v) is 12.2. The largest absolute Gasteiger partial charge is 0.350 e. The van der Waals surface area contributed by atoms with Gasteiger partial charge in [0.1, 0.15) is 5.71 Å². The Hall–Kier alpha value is -1.49. The summed E-state index contributed by atoms with van der Waals surface area (Å²) in [6.45, 7) is 11.1. The van der Waals surface area contributed by atoms with E-state index in [0.29, 0.717) is 11.6 Å². The third kappa shape index (κ3) is 6.30. The summed E-state index contributed by atoms with van der Waals surface area (Å²) in [4.78, 5) is 6.40. The van der Waals surface area contributed by atoms with Gasteiger partial charge in [0.25, 0.3) is 0 Å². The second kappa shape index (κ2) is 9.53. The maximum Gasteiger partial charge on any atom is 0.130 e. The van der Waals surface area contributed by atoms with Crippen LogP contribution in [-0.4, -0.2) is 24.2 Å². The molecular weight excluding hydrogens is 220 g/mol. The van der Waals surface area contributed by atoms with Crippen molar-refractivity contribution < 1.29 is 0 Å². The summed E-state index contributed by atoms with van der Waals surface area (Å²) in [5, 5.41) is 0. The molecule has 0 aliphatic carbocycles. The molecule has 0 rings (SSSR count). The van der Waals surface area contributed by atoms with Gasteiger partial charge < -0.3 is 4.90 Å². The number of allylic oxidation sites excluding steroid dienone is 2. The van der Waals surface area contributed by atoms with Gasteiger partial charge in [-0.25, -0.2) is 0 Å². The molecule has 0 bridgehead atoms. The molecular formula is C16H26N2. The fraction of sp³-hybridized carbons (Fsp3) is 0.562. The summed E-state index contributed by atoms with van der Waals surface area (Å²) < 4.78 is 0. The molecule has 1 atom stereocenters. The topological polar surface area (TPSA) is 15.6 Å². The molecule has 0 radical (unpaired) electrons. The molecule has 100 valence electrons. The van der Waals surface area contributed by atoms with Gasteiger partial charge in [0.05, 0.1) is 5.70 Å². The summed E-state index contributed by atoms with van der Waals surface area (Å²) in [6.07, 6.45) is 13.1. The third-order valence-corrected chi connectivity index (χ3v) is 2.82. The number of hydrogen-bond acceptors (Lipinski definition) is 2. The Kier molecular flexibility index (Phi) is 8.74. The van der Waals surface area contributed by atoms with Crippen molar-refractivity contribution in [1.29, 1.82) is 0 Å². The van der Waals surface area contributed by atoms with E-state index < -0.39 is 0 Å². The molecule has 0 N–H and O–H groups in total. The Morgan fingerprint density at radius 1 is 1.56 bits per heavy atom. The average Bonchev–Trinajstić information content (AvgIpc) is 2.36. The van der Waals surface area contributed by atoms with E-state index >= 15 is 0 Å². The smallest absolute Gasteiger partial charge is 0.130 e. The van der Waals surface area contributed by atoms with E-state index in [2.05, 4.69) is 31.3 Å². The van der Waals surface area contributed by atoms with Crippen LogP contribution in [0.1, 0.15) is 40.0 Å². The second-order valence-corrected chi connectivity index (χ2v) is 4.62. The lowest BCUT2D eigenvalue weighted by Gasteiger charge is -2.16. The minimum Gasteiger partial charge on any atom is -0.350 e. The van der Waals surface area contributed by atoms with E-state index in [0.717, 1.165) is 12.2 Å². The number of nitrogens with zero attached hydrogens (tertiary/aromatic N) is 2. The lowest BCUT2D eigenvalue weighted by atomic mass is 10.0. The highest BCUT2D eigenvalue weighted by Gasteiger charge is 2.06. The van der Waals surface area contributed by atoms with Crippen LogP contribution in [0.3, 0.4) is 0 Å². The number of rotatable bonds is 8. The zero-order chi connectivity index (χ0) is 14.0. The number of hydrogen-bond donors (Lipinski definition) is 0. The van der Waals surface area contributed by atoms with Crippen LogP contribution in [0.2, 0.25) is 0 Å². The Morgan fingerprint density at radius 3 is 2.72 bits per heavy atom. The fourth-order valence-corrected chi connectivity index (χ4v) is 1.59. The minimum absolute atomic E-state index is 0.577. The van der Waals surface area contributed by atoms with E-state index in [1.807, 2.05) is 31.1 Å². The summed E-state index contributed by atoms with van der Waals surface area (Å²) in [7, 11) is 1.93. The van der Waals surface area contributed by atoms with Gasteiger partial charge in [0.15, 0.2) is 0 Å². The molecule has 0 saturated heterocycles. The highest BCUT2D eigenvalue weighted by molar-refractivity contribution is 6.11. The summed E-state index contributed by atoms with van der Waals surface area (Å²) in [5.41, 5.74) is 1.43. The predicted octanol–water partition coefficient (Wildman–Crippen LogP) is 3.87. The van der Waals surface area contributed by atoms with E-state index in [9.17, 15) is 0 Å². The van der Waals surface area contributed by atoms with Gasteiger partial charge in [-0.1, -0.05) is 39.3 Å². The second-order valence-electron chi connectivity index (χ2n) is 4.62. The van der Waals surface area contributed by atoms with Crippen LogP contribution >= 0.6 is 0 Å². The summed E-state index contributed by atoms with van der Waals surface area (Å²) in [6, 6.07) is 0. The molecule has 0 aromatic heterocycles. The molecule has 18 heavy (non-hydrogen) atoms. The molecule has 0 unspecified atom stereocenters. The van der Waals surface area contributed by atoms with Gasteiger partial charge in [-0.3, -0.25) is 4.99 Å². The lowest BCUT2D eigenvalue weighted by molar-refractivity contribution is 0.516. The van der Waals surface area contributed by atoms with E-state index in [1.54, 1.807) is 0 Å². The number of unbranched alkanes of at least 4 members (excludes halogenated alkanes) is 1. The minimum atomic E-state index is 0.577. The maximum absolute atomic E-state index is 5.50. The highest BCUT2D eigenvalue weighted by atomic mass is 15.1. The maximum atomic E-state index is 5.50. The van der Waals surface area contributed by atoms with Crippen LogP contribution in [0.15, 0.2) is 29.5 Å². The molecule has 0 aliphatic heterocycles. The van der Waals surface area contributed by atoms with Gasteiger partial charge >= 0.3 is 0 Å². The molecule has 0 aliphatic rings. The van der Waals surface area contributed by atoms with Crippen molar-refractivity contribution in [2.24, 2.45) is 10.9 Å². The van der Waals surface area contributed by atoms with Crippen molar-refractivity contribution in [2.45, 2.75) is 40.0 Å². The highest BCUT2D eigenvalue weighted by Crippen LogP contribution is 2.09. The van der Waals surface area contributed by atoms with Crippen LogP contribution in [0, 0.1) is 18.3 Å². The summed E-state index contributed by atoms with van der Waals surface area (Å²) in [5.74, 6) is 3.20. The first-order valence-electron chi connectivity index (χ1n) is 6.62. The van der Waals surface area contributed by atoms with Gasteiger partial charge in [-0.05, 0) is 31.4 Å². The Bertz CT molecular complexity index is 345. The summed E-state index contributed by atoms with van der Waals surface area (Å²) >= 11 is 0. The number of terminal acetylenes is 1. The van der Waals surface area contributed by atoms with Crippen molar-refractivity contribution in [2.75, 3.05) is 13.6 Å². The molecule has 0 amide bonds. The first kappa shape index (κ1) is 16.5. The standard InChI is InChI=1S/C16H26N2/c1-7-10-11-14(4)13-17-16(9-3)15(5)18(6)12-8-2/h3,8,12,14H,5,7,10-11,13H2,1-2,4,6H3/b12-8-,17-16?/t14-/m0/s1. The van der Waals surface area contributed by atoms with Crippen molar-refractivity contribution >= 4 is 5.71 Å². The van der Waals surface area contributed by atoms with E-state index in [1.165, 1.54) is 19.3 Å². The van der Waals surface area contributed by atoms with Gasteiger partial charge in [-0.2, -0.15) is 0 Å². The molecule has 0 aromatic carbocycles. The molecule has 2 heteroatoms. The van der Waals surface area contributed by atoms with Crippen LogP contribution in [-0.2, 0) is 0 Å². The van der Waals surface area contributed by atoms with Crippen LogP contribution in [0.4, 0.5) is 0 Å². The SMILES string of the molecule is C#CC(=NC[C@@H](C)CCCC)C(=C)N(C)/C=C\C. The molecule has 0 saturated carbocycles. The zero-order valence-electron chi connectivity index (χ0n) is 12.2. The molecule has 0 aromatic rings. The van der Waals surface area contributed by atoms with E-state index in [-0.39, 0.29) is 0 Å². The van der Waals surface area contributed by atoms with Gasteiger partial charge in [-0.15, -0.1) is 6.42 Å². The Morgan fingerprint density at radius 2 is 2.22 bits per heavy atom. The first-order chi connectivity index (χ1) is 8.56. The molecule has 0 fully saturated rings. The molecule has 0 spiro atoms. The fourth-order valence-electron chi connectivity index (χ4n) is 1.59. The van der Waals surface area contributed by atoms with Crippen LogP contribution in [0.25, 0.3) is 0 Å². The first-order valence-corrected chi connectivity index (χ1v) is 6.62. The van der Waals surface area contributed by atoms with Crippen molar-refractivity contribution in [3.8, 4) is 12.3 Å². The third-order valence-electron chi connectivity index (χ3n) is 2.82.